The molecule has 0 aromatic rings. The van der Waals surface area contributed by atoms with Crippen LogP contribution >= 0.6 is 0 Å². The molecule has 1 N–H and O–H groups in total. The lowest BCUT2D eigenvalue weighted by Crippen LogP contribution is -2.06. The first-order chi connectivity index (χ1) is 4.13. The Hall–Kier alpha value is -1.44. The predicted molar refractivity (Wildman–Crippen MR) is 23.2 cm³/mol. The molecule has 0 fully saturated rings. The Morgan fingerprint density at radius 1 is 1.22 bits per heavy atom. The first-order valence-corrected chi connectivity index (χ1v) is 1.54. The number of aliphatic hydroxyl groups excluding tert-OH is 1. The first kappa shape index (κ1) is 10.5. The molecule has 0 radical (unpaired) electrons. The predicted octanol–water partition coefficient (Wildman–Crippen LogP) is -1.01. The molecule has 0 aliphatic heterocycles. The van der Waals surface area contributed by atoms with E-state index in [0.717, 1.165) is 7.11 Å². The SMILES string of the molecule is CO.O=[N+]([O-])O[N+](=O)[O-]. The average molecular weight is 140 g/mol. The zero-order valence-corrected chi connectivity index (χ0v) is 4.38. The van der Waals surface area contributed by atoms with Gasteiger partial charge in [-0.25, -0.2) is 0 Å². The molecule has 0 saturated carbocycles. The fraction of sp³-hybridized carbons (Fsp3) is 1.00. The van der Waals surface area contributed by atoms with Crippen LogP contribution in [-0.2, 0) is 4.94 Å². The monoisotopic (exact) mass is 140 g/mol. The number of hydrogen-bond acceptors (Lipinski definition) is 6. The number of hydrogen-bond donors (Lipinski definition) is 1. The third kappa shape index (κ3) is 20.8. The molecule has 0 rings (SSSR count). The molecule has 0 aromatic heterocycles. The van der Waals surface area contributed by atoms with E-state index in [2.05, 4.69) is 4.94 Å². The third-order valence-corrected chi connectivity index (χ3v) is 0.133. The molecule has 0 spiro atoms. The summed E-state index contributed by atoms with van der Waals surface area (Å²) in [5.74, 6) is 0. The van der Waals surface area contributed by atoms with Gasteiger partial charge in [-0.2, -0.15) is 0 Å². The van der Waals surface area contributed by atoms with Crippen molar-refractivity contribution in [2.75, 3.05) is 7.11 Å². The molecule has 0 aliphatic rings. The molecule has 0 unspecified atom stereocenters. The second-order valence-electron chi connectivity index (χ2n) is 0.529. The van der Waals surface area contributed by atoms with E-state index in [0.29, 0.717) is 0 Å². The van der Waals surface area contributed by atoms with Gasteiger partial charge in [0.1, 0.15) is 0 Å². The van der Waals surface area contributed by atoms with Crippen LogP contribution in [0.25, 0.3) is 0 Å². The Morgan fingerprint density at radius 3 is 1.44 bits per heavy atom. The summed E-state index contributed by atoms with van der Waals surface area (Å²) in [7, 11) is 1.00. The van der Waals surface area contributed by atoms with E-state index in [1.54, 1.807) is 0 Å². The third-order valence-electron chi connectivity index (χ3n) is 0.133. The lowest BCUT2D eigenvalue weighted by atomic mass is 11.8. The van der Waals surface area contributed by atoms with Gasteiger partial charge in [0.15, 0.2) is 0 Å². The van der Waals surface area contributed by atoms with Crippen molar-refractivity contribution >= 4 is 0 Å². The van der Waals surface area contributed by atoms with Gasteiger partial charge in [0.05, 0.1) is 0 Å². The quantitative estimate of drug-likeness (QED) is 0.388. The standard InChI is InChI=1S/CH4O.N2O5/c1-2;3-1(4)7-2(5)6/h2H,1H3;. The van der Waals surface area contributed by atoms with Crippen molar-refractivity contribution in [1.82, 2.24) is 0 Å². The maximum Gasteiger partial charge on any atom is 0.356 e. The summed E-state index contributed by atoms with van der Waals surface area (Å²) in [5, 5.41) is 21.9. The van der Waals surface area contributed by atoms with Crippen LogP contribution in [0.15, 0.2) is 0 Å². The Morgan fingerprint density at radius 2 is 1.44 bits per heavy atom. The van der Waals surface area contributed by atoms with Gasteiger partial charge in [-0.05, 0) is 0 Å². The second kappa shape index (κ2) is 6.56. The van der Waals surface area contributed by atoms with E-state index in [9.17, 15) is 0 Å². The van der Waals surface area contributed by atoms with Crippen molar-refractivity contribution in [2.45, 2.75) is 0 Å². The summed E-state index contributed by atoms with van der Waals surface area (Å²) >= 11 is 0. The van der Waals surface area contributed by atoms with Crippen molar-refractivity contribution in [3.8, 4) is 0 Å². The number of nitrogens with zero attached hydrogens (tertiary/aromatic N) is 2. The van der Waals surface area contributed by atoms with Gasteiger partial charge in [0, 0.05) is 12.0 Å². The minimum Gasteiger partial charge on any atom is -0.400 e. The van der Waals surface area contributed by atoms with E-state index in [1.807, 2.05) is 0 Å². The van der Waals surface area contributed by atoms with Gasteiger partial charge in [-0.3, -0.25) is 0 Å². The van der Waals surface area contributed by atoms with E-state index in [4.69, 9.17) is 25.3 Å². The topological polar surface area (TPSA) is 116 Å². The molecule has 8 nitrogen and oxygen atoms in total. The van der Waals surface area contributed by atoms with Crippen LogP contribution in [0.4, 0.5) is 0 Å². The minimum atomic E-state index is -1.50. The maximum atomic E-state index is 8.95. The van der Waals surface area contributed by atoms with E-state index < -0.39 is 10.2 Å². The molecule has 0 saturated heterocycles. The number of aliphatic hydroxyl groups is 1. The summed E-state index contributed by atoms with van der Waals surface area (Å²) in [6.07, 6.45) is 0. The van der Waals surface area contributed by atoms with Gasteiger partial charge in [-0.1, -0.05) is 0 Å². The van der Waals surface area contributed by atoms with Crippen molar-refractivity contribution < 1.29 is 20.2 Å². The highest BCUT2D eigenvalue weighted by molar-refractivity contribution is 3.89. The Bertz CT molecular complexity index is 87.2. The normalized spacial score (nSPS) is 6.44. The fourth-order valence-corrected chi connectivity index (χ4v) is 0.0544. The van der Waals surface area contributed by atoms with E-state index >= 15 is 0 Å². The van der Waals surface area contributed by atoms with Gasteiger partial charge in [-0.15, -0.1) is 20.2 Å². The summed E-state index contributed by atoms with van der Waals surface area (Å²) in [4.78, 5) is 20.6. The first-order valence-electron chi connectivity index (χ1n) is 1.54. The summed E-state index contributed by atoms with van der Waals surface area (Å²) < 4.78 is 0. The second-order valence-corrected chi connectivity index (χ2v) is 0.529. The molecular weight excluding hydrogens is 136 g/mol. The molecule has 0 atom stereocenters. The molecule has 0 aliphatic carbocycles. The lowest BCUT2D eigenvalue weighted by Gasteiger charge is -1.71. The largest absolute Gasteiger partial charge is 0.400 e. The van der Waals surface area contributed by atoms with Crippen LogP contribution in [0.5, 0.6) is 0 Å². The zero-order chi connectivity index (χ0) is 7.86. The fourth-order valence-electron chi connectivity index (χ4n) is 0.0544. The average Bonchev–Trinajstić information content (AvgIpc) is 1.68. The summed E-state index contributed by atoms with van der Waals surface area (Å²) in [5.41, 5.74) is 0. The highest BCUT2D eigenvalue weighted by Crippen LogP contribution is 1.70. The zero-order valence-electron chi connectivity index (χ0n) is 4.38. The molecule has 8 heteroatoms. The maximum absolute atomic E-state index is 8.95. The van der Waals surface area contributed by atoms with Crippen LogP contribution in [0.3, 0.4) is 0 Å². The smallest absolute Gasteiger partial charge is 0.356 e. The van der Waals surface area contributed by atoms with Crippen LogP contribution in [0, 0.1) is 20.2 Å². The molecule has 0 amide bonds. The lowest BCUT2D eigenvalue weighted by molar-refractivity contribution is -1.03. The number of rotatable bonds is 2. The van der Waals surface area contributed by atoms with E-state index in [1.165, 1.54) is 0 Å². The van der Waals surface area contributed by atoms with Gasteiger partial charge in [0.25, 0.3) is 0 Å². The summed E-state index contributed by atoms with van der Waals surface area (Å²) in [6, 6.07) is 0. The van der Waals surface area contributed by atoms with Gasteiger partial charge in [0.2, 0.25) is 0 Å². The van der Waals surface area contributed by atoms with Crippen LogP contribution in [0.2, 0.25) is 0 Å². The van der Waals surface area contributed by atoms with Crippen LogP contribution < -0.4 is 0 Å². The Labute approximate surface area is 48.9 Å². The highest BCUT2D eigenvalue weighted by atomic mass is 17.1. The molecular formula is CH4N2O6. The minimum absolute atomic E-state index is 1.00. The van der Waals surface area contributed by atoms with Crippen LogP contribution in [0.1, 0.15) is 0 Å². The Balaban J connectivity index is 0. The molecule has 9 heavy (non-hydrogen) atoms. The van der Waals surface area contributed by atoms with Crippen molar-refractivity contribution in [3.63, 3.8) is 0 Å². The highest BCUT2D eigenvalue weighted by Gasteiger charge is 2.05. The van der Waals surface area contributed by atoms with Crippen molar-refractivity contribution in [2.24, 2.45) is 0 Å². The Kier molecular flexibility index (Phi) is 7.67. The summed E-state index contributed by atoms with van der Waals surface area (Å²) in [6.45, 7) is 0. The van der Waals surface area contributed by atoms with E-state index in [-0.39, 0.29) is 0 Å². The van der Waals surface area contributed by atoms with Gasteiger partial charge < -0.3 is 5.11 Å². The molecule has 0 bridgehead atoms. The van der Waals surface area contributed by atoms with Gasteiger partial charge >= 0.3 is 10.2 Å². The van der Waals surface area contributed by atoms with Crippen molar-refractivity contribution in [3.05, 3.63) is 20.2 Å². The van der Waals surface area contributed by atoms with Crippen molar-refractivity contribution in [1.29, 1.82) is 0 Å². The van der Waals surface area contributed by atoms with Crippen LogP contribution in [-0.4, -0.2) is 22.4 Å². The molecule has 54 valence electrons. The molecule has 0 heterocycles. The molecule has 0 aromatic carbocycles.